The topological polar surface area (TPSA) is 54.4 Å². The van der Waals surface area contributed by atoms with Crippen LogP contribution in [-0.4, -0.2) is 17.4 Å². The molecule has 14 heavy (non-hydrogen) atoms. The first-order valence-electron chi connectivity index (χ1n) is 4.02. The number of carboxylic acid groups (broad SMARTS) is 1. The summed E-state index contributed by atoms with van der Waals surface area (Å²) >= 11 is 5.54. The van der Waals surface area contributed by atoms with Gasteiger partial charge in [0.2, 0.25) is 0 Å². The van der Waals surface area contributed by atoms with Gasteiger partial charge in [-0.3, -0.25) is 4.79 Å². The molecule has 76 valence electrons. The predicted molar refractivity (Wildman–Crippen MR) is 54.4 cm³/mol. The molecule has 0 bridgehead atoms. The Hall–Kier alpha value is -1.35. The third-order valence-corrected chi connectivity index (χ3v) is 1.46. The molecular weight excluding hydrogens is 204 g/mol. The van der Waals surface area contributed by atoms with Crippen molar-refractivity contribution < 1.29 is 14.7 Å². The lowest BCUT2D eigenvalue weighted by Gasteiger charge is -1.80. The van der Waals surface area contributed by atoms with Crippen molar-refractivity contribution in [3.05, 3.63) is 35.4 Å². The Morgan fingerprint density at radius 3 is 2.14 bits per heavy atom. The van der Waals surface area contributed by atoms with E-state index in [1.165, 1.54) is 0 Å². The molecule has 1 aromatic rings. The van der Waals surface area contributed by atoms with Crippen LogP contribution < -0.4 is 0 Å². The first-order chi connectivity index (χ1) is 6.66. The van der Waals surface area contributed by atoms with Crippen molar-refractivity contribution in [1.82, 2.24) is 0 Å². The Morgan fingerprint density at radius 1 is 1.36 bits per heavy atom. The second kappa shape index (κ2) is 8.26. The molecule has 0 unspecified atom stereocenters. The molecule has 0 aliphatic heterocycles. The number of rotatable bonds is 3. The van der Waals surface area contributed by atoms with E-state index in [1.54, 1.807) is 0 Å². The number of carbonyl (C=O) groups is 2. The molecule has 1 rings (SSSR count). The number of aldehydes is 1. The molecule has 0 atom stereocenters. The third kappa shape index (κ3) is 8.74. The van der Waals surface area contributed by atoms with Gasteiger partial charge in [-0.05, 0) is 12.1 Å². The zero-order valence-corrected chi connectivity index (χ0v) is 8.28. The Labute approximate surface area is 87.3 Å². The van der Waals surface area contributed by atoms with E-state index in [9.17, 15) is 9.59 Å². The molecule has 0 amide bonds. The molecular formula is C10H11ClO3. The van der Waals surface area contributed by atoms with Crippen LogP contribution in [0.15, 0.2) is 30.3 Å². The highest BCUT2D eigenvalue weighted by Gasteiger charge is 1.91. The molecule has 0 aromatic heterocycles. The van der Waals surface area contributed by atoms with Gasteiger partial charge in [-0.2, -0.15) is 0 Å². The molecule has 0 saturated carbocycles. The van der Waals surface area contributed by atoms with E-state index in [1.807, 2.05) is 30.3 Å². The Kier molecular flexibility index (Phi) is 7.46. The van der Waals surface area contributed by atoms with Gasteiger partial charge in [0.25, 0.3) is 0 Å². The standard InChI is InChI=1S/C6H5Cl.C4H6O3/c7-6-4-2-1-3-5-6;5-3-1-2-4(6)7/h1-5H;3H,1-2H2,(H,6,7). The number of carbonyl (C=O) groups excluding carboxylic acids is 1. The normalized spacial score (nSPS) is 8.36. The van der Waals surface area contributed by atoms with Crippen molar-refractivity contribution in [2.45, 2.75) is 12.8 Å². The van der Waals surface area contributed by atoms with Crippen molar-refractivity contribution in [3.8, 4) is 0 Å². The minimum atomic E-state index is -0.924. The minimum absolute atomic E-state index is 0.0521. The van der Waals surface area contributed by atoms with E-state index in [2.05, 4.69) is 0 Å². The van der Waals surface area contributed by atoms with Crippen molar-refractivity contribution in [2.75, 3.05) is 0 Å². The van der Waals surface area contributed by atoms with E-state index in [-0.39, 0.29) is 12.8 Å². The summed E-state index contributed by atoms with van der Waals surface area (Å²) in [5, 5.41) is 8.68. The van der Waals surface area contributed by atoms with E-state index in [0.717, 1.165) is 5.02 Å². The van der Waals surface area contributed by atoms with Crippen molar-refractivity contribution in [2.24, 2.45) is 0 Å². The lowest BCUT2D eigenvalue weighted by Crippen LogP contribution is -1.93. The van der Waals surface area contributed by atoms with Crippen molar-refractivity contribution in [3.63, 3.8) is 0 Å². The van der Waals surface area contributed by atoms with Crippen LogP contribution in [0.1, 0.15) is 12.8 Å². The fourth-order valence-corrected chi connectivity index (χ4v) is 0.743. The molecule has 0 aliphatic carbocycles. The summed E-state index contributed by atoms with van der Waals surface area (Å²) in [6, 6.07) is 9.44. The molecule has 0 radical (unpaired) electrons. The van der Waals surface area contributed by atoms with Gasteiger partial charge in [0.05, 0.1) is 6.42 Å². The molecule has 1 aromatic carbocycles. The summed E-state index contributed by atoms with van der Waals surface area (Å²) in [7, 11) is 0. The van der Waals surface area contributed by atoms with Crippen LogP contribution in [0.4, 0.5) is 0 Å². The summed E-state index contributed by atoms with van der Waals surface area (Å²) in [4.78, 5) is 19.0. The highest BCUT2D eigenvalue weighted by atomic mass is 35.5. The summed E-state index contributed by atoms with van der Waals surface area (Å²) < 4.78 is 0. The van der Waals surface area contributed by atoms with Gasteiger partial charge in [-0.25, -0.2) is 0 Å². The van der Waals surface area contributed by atoms with E-state index >= 15 is 0 Å². The highest BCUT2D eigenvalue weighted by Crippen LogP contribution is 2.03. The van der Waals surface area contributed by atoms with Gasteiger partial charge >= 0.3 is 5.97 Å². The molecule has 0 aliphatic rings. The van der Waals surface area contributed by atoms with Crippen molar-refractivity contribution >= 4 is 23.9 Å². The summed E-state index contributed by atoms with van der Waals surface area (Å²) in [5.74, 6) is -0.924. The van der Waals surface area contributed by atoms with Crippen LogP contribution in [0.5, 0.6) is 0 Å². The van der Waals surface area contributed by atoms with Crippen LogP contribution in [0.2, 0.25) is 5.02 Å². The molecule has 0 fully saturated rings. The van der Waals surface area contributed by atoms with Gasteiger partial charge in [0, 0.05) is 11.4 Å². The second-order valence-corrected chi connectivity index (χ2v) is 2.83. The first kappa shape index (κ1) is 12.7. The molecule has 0 saturated heterocycles. The van der Waals surface area contributed by atoms with E-state index in [4.69, 9.17) is 16.7 Å². The van der Waals surface area contributed by atoms with E-state index < -0.39 is 5.97 Å². The molecule has 1 N–H and O–H groups in total. The summed E-state index contributed by atoms with van der Waals surface area (Å²) in [5.41, 5.74) is 0. The number of carboxylic acids is 1. The predicted octanol–water partition coefficient (Wildman–Crippen LogP) is 2.39. The summed E-state index contributed by atoms with van der Waals surface area (Å²) in [6.07, 6.45) is 0.660. The maximum absolute atomic E-state index is 9.60. The Bertz CT molecular complexity index is 272. The fraction of sp³-hybridized carbons (Fsp3) is 0.200. The Balaban J connectivity index is 0.000000241. The first-order valence-corrected chi connectivity index (χ1v) is 4.40. The molecule has 4 heteroatoms. The van der Waals surface area contributed by atoms with Gasteiger partial charge < -0.3 is 9.90 Å². The maximum atomic E-state index is 9.60. The zero-order chi connectivity index (χ0) is 10.8. The Morgan fingerprint density at radius 2 is 1.93 bits per heavy atom. The number of benzene rings is 1. The minimum Gasteiger partial charge on any atom is -0.481 e. The smallest absolute Gasteiger partial charge is 0.303 e. The van der Waals surface area contributed by atoms with Crippen LogP contribution in [-0.2, 0) is 9.59 Å². The largest absolute Gasteiger partial charge is 0.481 e. The lowest BCUT2D eigenvalue weighted by molar-refractivity contribution is -0.137. The number of aliphatic carboxylic acids is 1. The quantitative estimate of drug-likeness (QED) is 0.786. The molecule has 0 spiro atoms. The van der Waals surface area contributed by atoms with Crippen LogP contribution in [0.3, 0.4) is 0 Å². The summed E-state index contributed by atoms with van der Waals surface area (Å²) in [6.45, 7) is 0. The average molecular weight is 215 g/mol. The van der Waals surface area contributed by atoms with Gasteiger partial charge in [0.15, 0.2) is 0 Å². The van der Waals surface area contributed by atoms with Gasteiger partial charge in [0.1, 0.15) is 6.29 Å². The second-order valence-electron chi connectivity index (χ2n) is 2.39. The van der Waals surface area contributed by atoms with Crippen LogP contribution >= 0.6 is 11.6 Å². The monoisotopic (exact) mass is 214 g/mol. The molecule has 0 heterocycles. The highest BCUT2D eigenvalue weighted by molar-refractivity contribution is 6.30. The van der Waals surface area contributed by atoms with E-state index in [0.29, 0.717) is 6.29 Å². The SMILES string of the molecule is Clc1ccccc1.O=CCCC(=O)O. The zero-order valence-electron chi connectivity index (χ0n) is 7.52. The number of halogens is 1. The maximum Gasteiger partial charge on any atom is 0.303 e. The van der Waals surface area contributed by atoms with Crippen molar-refractivity contribution in [1.29, 1.82) is 0 Å². The fourth-order valence-electron chi connectivity index (χ4n) is 0.597. The van der Waals surface area contributed by atoms with Gasteiger partial charge in [-0.1, -0.05) is 29.8 Å². The van der Waals surface area contributed by atoms with Crippen LogP contribution in [0, 0.1) is 0 Å². The number of hydrogen-bond acceptors (Lipinski definition) is 2. The molecule has 3 nitrogen and oxygen atoms in total. The number of hydrogen-bond donors (Lipinski definition) is 1. The third-order valence-electron chi connectivity index (χ3n) is 1.21. The lowest BCUT2D eigenvalue weighted by atomic mass is 10.3. The van der Waals surface area contributed by atoms with Crippen LogP contribution in [0.25, 0.3) is 0 Å². The van der Waals surface area contributed by atoms with Gasteiger partial charge in [-0.15, -0.1) is 0 Å². The average Bonchev–Trinajstić information content (AvgIpc) is 2.17.